The summed E-state index contributed by atoms with van der Waals surface area (Å²) < 4.78 is 51.6. The smallest absolute Gasteiger partial charge is 0.224 e. The maximum Gasteiger partial charge on any atom is 0.243 e. The molecule has 0 bridgehead atoms. The van der Waals surface area contributed by atoms with Crippen LogP contribution in [0.15, 0.2) is 82.6 Å². The summed E-state index contributed by atoms with van der Waals surface area (Å²) in [4.78, 5) is 0.436. The highest BCUT2D eigenvalue weighted by Crippen LogP contribution is 2.27. The van der Waals surface area contributed by atoms with Gasteiger partial charge in [0, 0.05) is 24.4 Å². The van der Waals surface area contributed by atoms with Crippen LogP contribution in [0, 0.1) is 5.92 Å². The van der Waals surface area contributed by atoms with Gasteiger partial charge in [-0.3, -0.25) is 0 Å². The van der Waals surface area contributed by atoms with E-state index in [4.69, 9.17) is 11.6 Å². The highest BCUT2D eigenvalue weighted by atomic mass is 35.5. The van der Waals surface area contributed by atoms with Crippen LogP contribution in [0.3, 0.4) is 0 Å². The first kappa shape index (κ1) is 24.5. The quantitative estimate of drug-likeness (QED) is 0.431. The molecule has 3 aromatic carbocycles. The van der Waals surface area contributed by atoms with Crippen LogP contribution in [-0.4, -0.2) is 33.9 Å². The third kappa shape index (κ3) is 5.78. The van der Waals surface area contributed by atoms with Crippen LogP contribution < -0.4 is 0 Å². The van der Waals surface area contributed by atoms with E-state index < -0.39 is 19.9 Å². The number of sulfonamides is 1. The van der Waals surface area contributed by atoms with Gasteiger partial charge in [0.2, 0.25) is 10.0 Å². The number of hydrogen-bond acceptors (Lipinski definition) is 4. The minimum absolute atomic E-state index is 0.139. The second kappa shape index (κ2) is 9.75. The first-order valence-electron chi connectivity index (χ1n) is 10.1. The predicted octanol–water partition coefficient (Wildman–Crippen LogP) is 5.26. The molecule has 0 saturated carbocycles. The normalized spacial score (nSPS) is 12.4. The van der Waals surface area contributed by atoms with E-state index in [1.54, 1.807) is 54.6 Å². The van der Waals surface area contributed by atoms with E-state index in [9.17, 15) is 16.8 Å². The molecule has 0 unspecified atom stereocenters. The van der Waals surface area contributed by atoms with Gasteiger partial charge in [0.15, 0.2) is 9.84 Å². The molecular weight excluding hydrogens is 466 g/mol. The Labute approximate surface area is 195 Å². The van der Waals surface area contributed by atoms with Crippen LogP contribution in [0.5, 0.6) is 0 Å². The molecule has 5 nitrogen and oxygen atoms in total. The molecule has 0 fully saturated rings. The summed E-state index contributed by atoms with van der Waals surface area (Å²) in [6.07, 6.45) is 1.16. The lowest BCUT2D eigenvalue weighted by molar-refractivity contribution is 0.362. The maximum absolute atomic E-state index is 13.4. The minimum atomic E-state index is -3.74. The first-order valence-corrected chi connectivity index (χ1v) is 13.8. The van der Waals surface area contributed by atoms with Crippen LogP contribution in [0.25, 0.3) is 11.1 Å². The molecular formula is C24H26ClNO4S2. The second-order valence-corrected chi connectivity index (χ2v) is 12.5. The van der Waals surface area contributed by atoms with Crippen molar-refractivity contribution < 1.29 is 16.8 Å². The van der Waals surface area contributed by atoms with Crippen molar-refractivity contribution in [3.63, 3.8) is 0 Å². The van der Waals surface area contributed by atoms with Gasteiger partial charge in [-0.1, -0.05) is 67.9 Å². The molecule has 32 heavy (non-hydrogen) atoms. The van der Waals surface area contributed by atoms with Gasteiger partial charge in [-0.15, -0.1) is 0 Å². The molecule has 0 heterocycles. The Morgan fingerprint density at radius 3 is 1.75 bits per heavy atom. The van der Waals surface area contributed by atoms with Gasteiger partial charge in [0.25, 0.3) is 0 Å². The van der Waals surface area contributed by atoms with Gasteiger partial charge in [-0.25, -0.2) is 16.8 Å². The predicted molar refractivity (Wildman–Crippen MR) is 129 cm³/mol. The highest BCUT2D eigenvalue weighted by Gasteiger charge is 2.26. The van der Waals surface area contributed by atoms with Gasteiger partial charge in [0.05, 0.1) is 9.79 Å². The molecule has 0 aliphatic heterocycles. The van der Waals surface area contributed by atoms with Gasteiger partial charge in [0.1, 0.15) is 0 Å². The lowest BCUT2D eigenvalue weighted by Crippen LogP contribution is -2.33. The molecule has 0 aliphatic carbocycles. The lowest BCUT2D eigenvalue weighted by Gasteiger charge is -2.24. The fourth-order valence-corrected chi connectivity index (χ4v) is 5.74. The van der Waals surface area contributed by atoms with Gasteiger partial charge < -0.3 is 0 Å². The molecule has 0 atom stereocenters. The summed E-state index contributed by atoms with van der Waals surface area (Å²) in [6, 6.07) is 20.4. The fraction of sp³-hybridized carbons (Fsp3) is 0.250. The van der Waals surface area contributed by atoms with Gasteiger partial charge >= 0.3 is 0 Å². The molecule has 3 rings (SSSR count). The zero-order chi connectivity index (χ0) is 23.5. The van der Waals surface area contributed by atoms with Crippen LogP contribution in [0.2, 0.25) is 5.02 Å². The number of nitrogens with zero attached hydrogens (tertiary/aromatic N) is 1. The van der Waals surface area contributed by atoms with Crippen molar-refractivity contribution in [3.8, 4) is 11.1 Å². The molecule has 0 spiro atoms. The Bertz CT molecular complexity index is 1280. The molecule has 0 aromatic heterocycles. The zero-order valence-corrected chi connectivity index (χ0v) is 20.6. The standard InChI is InChI=1S/C24H26ClNO4S2/c1-18(2)16-26(17-21-6-4-5-7-24(21)25)32(29,30)23-14-10-20(11-15-23)19-8-12-22(13-9-19)31(3,27)28/h4-15,18H,16-17H2,1-3H3. The van der Waals surface area contributed by atoms with Crippen molar-refractivity contribution in [2.75, 3.05) is 12.8 Å². The molecule has 0 saturated heterocycles. The lowest BCUT2D eigenvalue weighted by atomic mass is 10.1. The second-order valence-electron chi connectivity index (χ2n) is 8.10. The van der Waals surface area contributed by atoms with Gasteiger partial charge in [-0.05, 0) is 52.9 Å². The van der Waals surface area contributed by atoms with E-state index in [2.05, 4.69) is 0 Å². The third-order valence-corrected chi connectivity index (χ3v) is 8.30. The summed E-state index contributed by atoms with van der Waals surface area (Å²) in [6.45, 7) is 4.49. The van der Waals surface area contributed by atoms with Crippen molar-refractivity contribution in [1.82, 2.24) is 4.31 Å². The number of sulfone groups is 1. The summed E-state index contributed by atoms with van der Waals surface area (Å²) in [7, 11) is -7.01. The Hall–Kier alpha value is -2.19. The van der Waals surface area contributed by atoms with E-state index in [1.165, 1.54) is 4.31 Å². The van der Waals surface area contributed by atoms with E-state index in [0.29, 0.717) is 11.6 Å². The van der Waals surface area contributed by atoms with E-state index >= 15 is 0 Å². The van der Waals surface area contributed by atoms with E-state index in [-0.39, 0.29) is 22.3 Å². The Kier molecular flexibility index (Phi) is 7.45. The summed E-state index contributed by atoms with van der Waals surface area (Å²) >= 11 is 6.27. The number of rotatable bonds is 8. The molecule has 8 heteroatoms. The number of benzene rings is 3. The highest BCUT2D eigenvalue weighted by molar-refractivity contribution is 7.90. The number of hydrogen-bond donors (Lipinski definition) is 0. The number of halogens is 1. The largest absolute Gasteiger partial charge is 0.243 e. The fourth-order valence-electron chi connectivity index (χ4n) is 3.33. The van der Waals surface area contributed by atoms with Crippen molar-refractivity contribution in [1.29, 1.82) is 0 Å². The van der Waals surface area contributed by atoms with Crippen LogP contribution in [0.1, 0.15) is 19.4 Å². The molecule has 0 N–H and O–H groups in total. The first-order chi connectivity index (χ1) is 15.0. The van der Waals surface area contributed by atoms with Crippen LogP contribution >= 0.6 is 11.6 Å². The van der Waals surface area contributed by atoms with Crippen LogP contribution in [-0.2, 0) is 26.4 Å². The molecule has 0 aliphatic rings. The van der Waals surface area contributed by atoms with Crippen molar-refractivity contribution in [3.05, 3.63) is 83.4 Å². The summed E-state index contributed by atoms with van der Waals surface area (Å²) in [5, 5.41) is 0.532. The van der Waals surface area contributed by atoms with Gasteiger partial charge in [-0.2, -0.15) is 4.31 Å². The van der Waals surface area contributed by atoms with Crippen molar-refractivity contribution >= 4 is 31.5 Å². The average Bonchev–Trinajstić information content (AvgIpc) is 2.74. The minimum Gasteiger partial charge on any atom is -0.224 e. The molecule has 0 amide bonds. The molecule has 3 aromatic rings. The summed E-state index contributed by atoms with van der Waals surface area (Å²) in [5.74, 6) is 0.139. The van der Waals surface area contributed by atoms with Crippen molar-refractivity contribution in [2.45, 2.75) is 30.2 Å². The topological polar surface area (TPSA) is 71.5 Å². The Morgan fingerprint density at radius 2 is 1.28 bits per heavy atom. The average molecular weight is 492 g/mol. The Balaban J connectivity index is 1.89. The van der Waals surface area contributed by atoms with E-state index in [1.807, 2.05) is 32.0 Å². The molecule has 0 radical (unpaired) electrons. The SMILES string of the molecule is CC(C)CN(Cc1ccccc1Cl)S(=O)(=O)c1ccc(-c2ccc(S(C)(=O)=O)cc2)cc1. The van der Waals surface area contributed by atoms with Crippen LogP contribution in [0.4, 0.5) is 0 Å². The maximum atomic E-state index is 13.4. The third-order valence-electron chi connectivity index (χ3n) is 4.98. The monoisotopic (exact) mass is 491 g/mol. The van der Waals surface area contributed by atoms with Crippen molar-refractivity contribution in [2.24, 2.45) is 5.92 Å². The summed E-state index contributed by atoms with van der Waals surface area (Å²) in [5.41, 5.74) is 2.35. The molecule has 170 valence electrons. The Morgan fingerprint density at radius 1 is 0.781 bits per heavy atom. The van der Waals surface area contributed by atoms with E-state index in [0.717, 1.165) is 22.9 Å². The zero-order valence-electron chi connectivity index (χ0n) is 18.2.